The predicted octanol–water partition coefficient (Wildman–Crippen LogP) is 2.25. The fourth-order valence-electron chi connectivity index (χ4n) is 2.60. The summed E-state index contributed by atoms with van der Waals surface area (Å²) >= 11 is 0. The van der Waals surface area contributed by atoms with Crippen molar-refractivity contribution in [2.75, 3.05) is 12.0 Å². The molecule has 2 saturated carbocycles. The Morgan fingerprint density at radius 2 is 2.10 bits per heavy atom. The van der Waals surface area contributed by atoms with E-state index in [9.17, 15) is 10.1 Å². The van der Waals surface area contributed by atoms with Crippen LogP contribution in [0.15, 0.2) is 18.2 Å². The molecule has 0 saturated heterocycles. The first-order valence-corrected chi connectivity index (χ1v) is 7.15. The number of nitro groups is 1. The Morgan fingerprint density at radius 1 is 1.35 bits per heavy atom. The van der Waals surface area contributed by atoms with Gasteiger partial charge < -0.3 is 5.43 Å². The molecule has 3 rings (SSSR count). The smallest absolute Gasteiger partial charge is 0.293 e. The first-order chi connectivity index (χ1) is 9.67. The van der Waals surface area contributed by atoms with E-state index in [0.717, 1.165) is 24.6 Å². The van der Waals surface area contributed by atoms with Gasteiger partial charge in [-0.25, -0.2) is 0 Å². The lowest BCUT2D eigenvalue weighted by Gasteiger charge is -2.22. The molecule has 0 atom stereocenters. The largest absolute Gasteiger partial charge is 0.318 e. The van der Waals surface area contributed by atoms with Crippen LogP contribution in [-0.2, 0) is 6.54 Å². The molecule has 0 aromatic heterocycles. The topological polar surface area (TPSA) is 84.4 Å². The molecular formula is C14H20N4O2. The molecule has 2 aliphatic rings. The van der Waals surface area contributed by atoms with E-state index in [4.69, 9.17) is 5.84 Å². The van der Waals surface area contributed by atoms with Gasteiger partial charge in [-0.15, -0.1) is 0 Å². The minimum absolute atomic E-state index is 0.0483. The van der Waals surface area contributed by atoms with Gasteiger partial charge in [0.25, 0.3) is 5.69 Å². The van der Waals surface area contributed by atoms with Gasteiger partial charge in [-0.2, -0.15) is 0 Å². The van der Waals surface area contributed by atoms with Gasteiger partial charge >= 0.3 is 0 Å². The van der Waals surface area contributed by atoms with Crippen LogP contribution in [0.4, 0.5) is 11.4 Å². The maximum atomic E-state index is 11.0. The van der Waals surface area contributed by atoms with E-state index in [0.29, 0.717) is 11.7 Å². The molecule has 1 aromatic carbocycles. The van der Waals surface area contributed by atoms with Crippen LogP contribution in [0.3, 0.4) is 0 Å². The average Bonchev–Trinajstić information content (AvgIpc) is 3.30. The van der Waals surface area contributed by atoms with Gasteiger partial charge in [-0.1, -0.05) is 6.07 Å². The van der Waals surface area contributed by atoms with Crippen molar-refractivity contribution in [1.82, 2.24) is 4.90 Å². The molecule has 0 unspecified atom stereocenters. The molecule has 108 valence electrons. The average molecular weight is 276 g/mol. The van der Waals surface area contributed by atoms with E-state index in [-0.39, 0.29) is 10.6 Å². The van der Waals surface area contributed by atoms with E-state index < -0.39 is 0 Å². The minimum atomic E-state index is -0.388. The number of nitro benzene ring substituents is 1. The van der Waals surface area contributed by atoms with Gasteiger partial charge in [0, 0.05) is 25.2 Å². The SMILES string of the molecule is NNc1ccc(CN(CC2CC2)C2CC2)cc1[N+](=O)[O-]. The highest BCUT2D eigenvalue weighted by molar-refractivity contribution is 5.61. The molecule has 0 aliphatic heterocycles. The molecule has 0 radical (unpaired) electrons. The van der Waals surface area contributed by atoms with Crippen molar-refractivity contribution in [2.24, 2.45) is 11.8 Å². The number of nitrogen functional groups attached to an aromatic ring is 1. The van der Waals surface area contributed by atoms with Gasteiger partial charge in [0.2, 0.25) is 0 Å². The second-order valence-corrected chi connectivity index (χ2v) is 5.86. The van der Waals surface area contributed by atoms with Crippen molar-refractivity contribution in [2.45, 2.75) is 38.3 Å². The molecule has 0 heterocycles. The highest BCUT2D eigenvalue weighted by atomic mass is 16.6. The molecule has 20 heavy (non-hydrogen) atoms. The molecule has 6 nitrogen and oxygen atoms in total. The van der Waals surface area contributed by atoms with Crippen molar-refractivity contribution >= 4 is 11.4 Å². The normalized spacial score (nSPS) is 18.3. The number of anilines is 1. The van der Waals surface area contributed by atoms with E-state index in [1.165, 1.54) is 25.7 Å². The van der Waals surface area contributed by atoms with Crippen LogP contribution < -0.4 is 11.3 Å². The summed E-state index contributed by atoms with van der Waals surface area (Å²) in [6, 6.07) is 5.93. The number of hydrazine groups is 1. The summed E-state index contributed by atoms with van der Waals surface area (Å²) in [5.41, 5.74) is 3.78. The van der Waals surface area contributed by atoms with Crippen LogP contribution in [0.25, 0.3) is 0 Å². The van der Waals surface area contributed by atoms with E-state index in [1.807, 2.05) is 6.07 Å². The molecule has 3 N–H and O–H groups in total. The second-order valence-electron chi connectivity index (χ2n) is 5.86. The second kappa shape index (κ2) is 5.38. The zero-order valence-electron chi connectivity index (χ0n) is 11.4. The van der Waals surface area contributed by atoms with Crippen LogP contribution in [0.2, 0.25) is 0 Å². The number of hydrogen-bond donors (Lipinski definition) is 2. The Hall–Kier alpha value is -1.66. The Kier molecular flexibility index (Phi) is 3.58. The maximum absolute atomic E-state index is 11.0. The quantitative estimate of drug-likeness (QED) is 0.453. The number of nitrogens with two attached hydrogens (primary N) is 1. The summed E-state index contributed by atoms with van der Waals surface area (Å²) in [4.78, 5) is 13.1. The minimum Gasteiger partial charge on any atom is -0.318 e. The Morgan fingerprint density at radius 3 is 2.65 bits per heavy atom. The highest BCUT2D eigenvalue weighted by Crippen LogP contribution is 2.36. The van der Waals surface area contributed by atoms with E-state index in [1.54, 1.807) is 12.1 Å². The Bertz CT molecular complexity index is 512. The standard InChI is InChI=1S/C14H20N4O2/c15-16-13-6-3-11(7-14(13)18(19)20)9-17(12-4-5-12)8-10-1-2-10/h3,6-7,10,12,16H,1-2,4-5,8-9,15H2. The van der Waals surface area contributed by atoms with E-state index >= 15 is 0 Å². The zero-order valence-corrected chi connectivity index (χ0v) is 11.4. The molecule has 0 spiro atoms. The maximum Gasteiger partial charge on any atom is 0.293 e. The first kappa shape index (κ1) is 13.3. The van der Waals surface area contributed by atoms with Crippen LogP contribution in [-0.4, -0.2) is 22.4 Å². The van der Waals surface area contributed by atoms with Crippen LogP contribution in [0.1, 0.15) is 31.2 Å². The van der Waals surface area contributed by atoms with Crippen molar-refractivity contribution < 1.29 is 4.92 Å². The summed E-state index contributed by atoms with van der Waals surface area (Å²) < 4.78 is 0. The lowest BCUT2D eigenvalue weighted by atomic mass is 10.1. The number of rotatable bonds is 7. The number of hydrogen-bond acceptors (Lipinski definition) is 5. The van der Waals surface area contributed by atoms with Crippen molar-refractivity contribution in [3.05, 3.63) is 33.9 Å². The first-order valence-electron chi connectivity index (χ1n) is 7.15. The molecule has 2 fully saturated rings. The van der Waals surface area contributed by atoms with Gasteiger partial charge in [-0.3, -0.25) is 20.9 Å². The molecule has 0 amide bonds. The Balaban J connectivity index is 1.74. The number of nitrogens with zero attached hydrogens (tertiary/aromatic N) is 2. The van der Waals surface area contributed by atoms with Crippen molar-refractivity contribution in [3.63, 3.8) is 0 Å². The third-order valence-corrected chi connectivity index (χ3v) is 4.05. The van der Waals surface area contributed by atoms with Gasteiger partial charge in [0.1, 0.15) is 5.69 Å². The highest BCUT2D eigenvalue weighted by Gasteiger charge is 2.33. The third-order valence-electron chi connectivity index (χ3n) is 4.05. The van der Waals surface area contributed by atoms with Crippen molar-refractivity contribution in [3.8, 4) is 0 Å². The van der Waals surface area contributed by atoms with Gasteiger partial charge in [0.05, 0.1) is 4.92 Å². The lowest BCUT2D eigenvalue weighted by Crippen LogP contribution is -2.27. The van der Waals surface area contributed by atoms with Crippen LogP contribution in [0, 0.1) is 16.0 Å². The summed E-state index contributed by atoms with van der Waals surface area (Å²) in [5.74, 6) is 6.15. The monoisotopic (exact) mass is 276 g/mol. The summed E-state index contributed by atoms with van der Waals surface area (Å²) in [6.07, 6.45) is 5.19. The molecule has 2 aliphatic carbocycles. The van der Waals surface area contributed by atoms with E-state index in [2.05, 4.69) is 10.3 Å². The molecule has 1 aromatic rings. The molecular weight excluding hydrogens is 256 g/mol. The predicted molar refractivity (Wildman–Crippen MR) is 77.1 cm³/mol. The third kappa shape index (κ3) is 3.08. The van der Waals surface area contributed by atoms with Crippen LogP contribution in [0.5, 0.6) is 0 Å². The summed E-state index contributed by atoms with van der Waals surface area (Å²) in [6.45, 7) is 1.93. The number of benzene rings is 1. The Labute approximate surface area is 118 Å². The molecule has 0 bridgehead atoms. The lowest BCUT2D eigenvalue weighted by molar-refractivity contribution is -0.384. The fourth-order valence-corrected chi connectivity index (χ4v) is 2.60. The summed E-state index contributed by atoms with van der Waals surface area (Å²) in [5, 5.41) is 11.0. The fraction of sp³-hybridized carbons (Fsp3) is 0.571. The number of nitrogens with one attached hydrogen (secondary N) is 1. The van der Waals surface area contributed by atoms with Gasteiger partial charge in [0.15, 0.2) is 0 Å². The zero-order chi connectivity index (χ0) is 14.1. The van der Waals surface area contributed by atoms with Crippen molar-refractivity contribution in [1.29, 1.82) is 0 Å². The molecule has 6 heteroatoms. The summed E-state index contributed by atoms with van der Waals surface area (Å²) in [7, 11) is 0. The van der Waals surface area contributed by atoms with Crippen LogP contribution >= 0.6 is 0 Å². The van der Waals surface area contributed by atoms with Gasteiger partial charge in [-0.05, 0) is 43.2 Å².